The van der Waals surface area contributed by atoms with E-state index in [0.29, 0.717) is 5.41 Å². The number of carbonyl (C=O) groups is 1. The van der Waals surface area contributed by atoms with E-state index in [1.165, 1.54) is 31.0 Å². The molecule has 1 saturated carbocycles. The molecule has 2 rings (SSSR count). The zero-order valence-corrected chi connectivity index (χ0v) is 12.4. The molecule has 0 bridgehead atoms. The number of rotatable bonds is 7. The van der Waals surface area contributed by atoms with Crippen LogP contribution >= 0.6 is 11.8 Å². The van der Waals surface area contributed by atoms with Crippen molar-refractivity contribution in [1.29, 1.82) is 0 Å². The average molecular weight is 283 g/mol. The Morgan fingerprint density at radius 3 is 2.63 bits per heavy atom. The maximum absolute atomic E-state index is 10.7. The molecular weight excluding hydrogens is 262 g/mol. The molecule has 19 heavy (non-hydrogen) atoms. The second-order valence-electron chi connectivity index (χ2n) is 5.23. The van der Waals surface area contributed by atoms with Crippen LogP contribution in [-0.4, -0.2) is 31.6 Å². The highest BCUT2D eigenvalue weighted by Crippen LogP contribution is 2.45. The summed E-state index contributed by atoms with van der Waals surface area (Å²) in [5.74, 6) is 0.195. The van der Waals surface area contributed by atoms with Gasteiger partial charge in [-0.1, -0.05) is 32.0 Å². The molecule has 0 unspecified atom stereocenters. The molecular formula is C13H21N3O2S. The van der Waals surface area contributed by atoms with Crippen LogP contribution in [0.4, 0.5) is 0 Å². The van der Waals surface area contributed by atoms with E-state index in [1.54, 1.807) is 0 Å². The van der Waals surface area contributed by atoms with Crippen LogP contribution in [0.15, 0.2) is 5.16 Å². The molecule has 0 amide bonds. The molecule has 5 nitrogen and oxygen atoms in total. The normalized spacial score (nSPS) is 17.2. The van der Waals surface area contributed by atoms with Gasteiger partial charge in [0.1, 0.15) is 5.82 Å². The minimum atomic E-state index is -0.813. The highest BCUT2D eigenvalue weighted by atomic mass is 32.2. The molecule has 106 valence electrons. The molecule has 0 aromatic carbocycles. The molecule has 0 saturated heterocycles. The zero-order valence-electron chi connectivity index (χ0n) is 11.6. The van der Waals surface area contributed by atoms with E-state index in [0.717, 1.165) is 30.4 Å². The average Bonchev–Trinajstić information content (AvgIpc) is 2.73. The van der Waals surface area contributed by atoms with Crippen molar-refractivity contribution in [3.63, 3.8) is 0 Å². The number of nitrogens with zero attached hydrogens (tertiary/aromatic N) is 3. The molecule has 1 N–H and O–H groups in total. The summed E-state index contributed by atoms with van der Waals surface area (Å²) < 4.78 is 2.14. The fraction of sp³-hybridized carbons (Fsp3) is 0.769. The first-order valence-electron chi connectivity index (χ1n) is 6.87. The van der Waals surface area contributed by atoms with Gasteiger partial charge in [-0.05, 0) is 24.7 Å². The van der Waals surface area contributed by atoms with Gasteiger partial charge in [0.15, 0.2) is 5.16 Å². The Morgan fingerprint density at radius 1 is 1.42 bits per heavy atom. The number of hydrogen-bond acceptors (Lipinski definition) is 4. The Kier molecular flexibility index (Phi) is 4.50. The zero-order chi connectivity index (χ0) is 13.9. The molecule has 1 heterocycles. The lowest BCUT2D eigenvalue weighted by Crippen LogP contribution is -2.34. The Labute approximate surface area is 117 Å². The van der Waals surface area contributed by atoms with E-state index in [4.69, 9.17) is 5.11 Å². The van der Waals surface area contributed by atoms with Gasteiger partial charge in [-0.3, -0.25) is 4.79 Å². The van der Waals surface area contributed by atoms with Crippen molar-refractivity contribution >= 4 is 17.7 Å². The summed E-state index contributed by atoms with van der Waals surface area (Å²) in [4.78, 5) is 10.7. The van der Waals surface area contributed by atoms with Crippen LogP contribution in [0.25, 0.3) is 0 Å². The number of thioether (sulfide) groups is 1. The van der Waals surface area contributed by atoms with Gasteiger partial charge < -0.3 is 9.67 Å². The van der Waals surface area contributed by atoms with E-state index in [9.17, 15) is 4.79 Å². The van der Waals surface area contributed by atoms with E-state index >= 15 is 0 Å². The molecule has 1 aromatic heterocycles. The van der Waals surface area contributed by atoms with E-state index in [-0.39, 0.29) is 5.75 Å². The van der Waals surface area contributed by atoms with E-state index < -0.39 is 5.97 Å². The monoisotopic (exact) mass is 283 g/mol. The number of aryl methyl sites for hydroxylation is 1. The lowest BCUT2D eigenvalue weighted by atomic mass is 9.67. The number of aromatic nitrogens is 3. The summed E-state index contributed by atoms with van der Waals surface area (Å²) >= 11 is 1.27. The number of carboxylic acid groups (broad SMARTS) is 1. The Hall–Kier alpha value is -1.04. The largest absolute Gasteiger partial charge is 0.481 e. The molecule has 1 aliphatic rings. The van der Waals surface area contributed by atoms with Crippen molar-refractivity contribution in [1.82, 2.24) is 14.8 Å². The van der Waals surface area contributed by atoms with Crippen LogP contribution in [-0.2, 0) is 17.8 Å². The lowest BCUT2D eigenvalue weighted by Gasteiger charge is -2.42. The van der Waals surface area contributed by atoms with Crippen LogP contribution in [0.1, 0.15) is 45.4 Å². The van der Waals surface area contributed by atoms with Crippen molar-refractivity contribution in [2.75, 3.05) is 5.75 Å². The lowest BCUT2D eigenvalue weighted by molar-refractivity contribution is -0.133. The first kappa shape index (κ1) is 14.4. The second-order valence-corrected chi connectivity index (χ2v) is 6.17. The summed E-state index contributed by atoms with van der Waals surface area (Å²) in [6.45, 7) is 5.23. The van der Waals surface area contributed by atoms with Gasteiger partial charge in [-0.2, -0.15) is 0 Å². The van der Waals surface area contributed by atoms with Crippen molar-refractivity contribution in [3.05, 3.63) is 5.82 Å². The number of carboxylic acids is 1. The fourth-order valence-electron chi connectivity index (χ4n) is 2.61. The first-order valence-corrected chi connectivity index (χ1v) is 7.85. The van der Waals surface area contributed by atoms with Gasteiger partial charge in [-0.15, -0.1) is 10.2 Å². The SMILES string of the molecule is CCc1nnc(SCC(=O)O)n1CC1(CC)CCC1. The molecule has 0 radical (unpaired) electrons. The van der Waals surface area contributed by atoms with Crippen LogP contribution in [0, 0.1) is 5.41 Å². The summed E-state index contributed by atoms with van der Waals surface area (Å²) in [5, 5.41) is 17.9. The Balaban J connectivity index is 2.16. The van der Waals surface area contributed by atoms with E-state index in [2.05, 4.69) is 28.6 Å². The van der Waals surface area contributed by atoms with Crippen molar-refractivity contribution < 1.29 is 9.90 Å². The minimum absolute atomic E-state index is 0.0426. The predicted molar refractivity (Wildman–Crippen MR) is 74.3 cm³/mol. The first-order chi connectivity index (χ1) is 9.10. The van der Waals surface area contributed by atoms with Gasteiger partial charge in [0, 0.05) is 13.0 Å². The molecule has 1 fully saturated rings. The van der Waals surface area contributed by atoms with Crippen LogP contribution in [0.2, 0.25) is 0 Å². The standard InChI is InChI=1S/C13H21N3O2S/c1-3-10-14-15-12(19-8-11(17)18)16(10)9-13(4-2)6-5-7-13/h3-9H2,1-2H3,(H,17,18). The Morgan fingerprint density at radius 2 is 2.16 bits per heavy atom. The van der Waals surface area contributed by atoms with Gasteiger partial charge in [0.2, 0.25) is 0 Å². The van der Waals surface area contributed by atoms with E-state index in [1.807, 2.05) is 0 Å². The van der Waals surface area contributed by atoms with Gasteiger partial charge >= 0.3 is 5.97 Å². The fourth-order valence-corrected chi connectivity index (χ4v) is 3.28. The smallest absolute Gasteiger partial charge is 0.313 e. The summed E-state index contributed by atoms with van der Waals surface area (Å²) in [6.07, 6.45) is 5.81. The quantitative estimate of drug-likeness (QED) is 0.779. The van der Waals surface area contributed by atoms with Crippen molar-refractivity contribution in [2.45, 2.75) is 57.7 Å². The van der Waals surface area contributed by atoms with Crippen molar-refractivity contribution in [3.8, 4) is 0 Å². The third-order valence-electron chi connectivity index (χ3n) is 4.09. The topological polar surface area (TPSA) is 68.0 Å². The highest BCUT2D eigenvalue weighted by Gasteiger charge is 2.36. The third-order valence-corrected chi connectivity index (χ3v) is 5.04. The molecule has 0 spiro atoms. The Bertz CT molecular complexity index is 449. The number of aliphatic carboxylic acids is 1. The maximum atomic E-state index is 10.7. The second kappa shape index (κ2) is 5.94. The molecule has 1 aromatic rings. The summed E-state index contributed by atoms with van der Waals surface area (Å²) in [5.41, 5.74) is 0.380. The highest BCUT2D eigenvalue weighted by molar-refractivity contribution is 7.99. The minimum Gasteiger partial charge on any atom is -0.481 e. The third kappa shape index (κ3) is 3.11. The molecule has 0 aliphatic heterocycles. The van der Waals surface area contributed by atoms with Crippen LogP contribution in [0.3, 0.4) is 0 Å². The molecule has 0 atom stereocenters. The van der Waals surface area contributed by atoms with Crippen molar-refractivity contribution in [2.24, 2.45) is 5.41 Å². The summed E-state index contributed by atoms with van der Waals surface area (Å²) in [6, 6.07) is 0. The summed E-state index contributed by atoms with van der Waals surface area (Å²) in [7, 11) is 0. The van der Waals surface area contributed by atoms with Gasteiger partial charge in [0.05, 0.1) is 5.75 Å². The van der Waals surface area contributed by atoms with Crippen LogP contribution in [0.5, 0.6) is 0 Å². The predicted octanol–water partition coefficient (Wildman–Crippen LogP) is 2.60. The molecule has 1 aliphatic carbocycles. The number of hydrogen-bond donors (Lipinski definition) is 1. The molecule has 6 heteroatoms. The van der Waals surface area contributed by atoms with Gasteiger partial charge in [-0.25, -0.2) is 0 Å². The van der Waals surface area contributed by atoms with Gasteiger partial charge in [0.25, 0.3) is 0 Å². The van der Waals surface area contributed by atoms with Crippen LogP contribution < -0.4 is 0 Å². The maximum Gasteiger partial charge on any atom is 0.313 e.